The Labute approximate surface area is 169 Å². The molecule has 3 aromatic rings. The van der Waals surface area contributed by atoms with Crippen LogP contribution in [0.5, 0.6) is 5.75 Å². The highest BCUT2D eigenvalue weighted by Crippen LogP contribution is 2.26. The number of likely N-dealkylation sites (tertiary alicyclic amines) is 1. The number of hydrogen-bond donors (Lipinski definition) is 2. The maximum Gasteiger partial charge on any atom is 0.257 e. The van der Waals surface area contributed by atoms with Crippen molar-refractivity contribution in [3.05, 3.63) is 58.6 Å². The number of nitrogens with one attached hydrogen (secondary N) is 2. The van der Waals surface area contributed by atoms with Crippen LogP contribution in [0.1, 0.15) is 22.3 Å². The van der Waals surface area contributed by atoms with Crippen molar-refractivity contribution < 1.29 is 9.53 Å². The molecule has 6 heteroatoms. The summed E-state index contributed by atoms with van der Waals surface area (Å²) >= 11 is 6.05. The van der Waals surface area contributed by atoms with Crippen LogP contribution in [0.15, 0.2) is 42.5 Å². The summed E-state index contributed by atoms with van der Waals surface area (Å²) in [6, 6.07) is 13.6. The van der Waals surface area contributed by atoms with Gasteiger partial charge in [-0.3, -0.25) is 4.79 Å². The number of carbonyl (C=O) groups is 1. The van der Waals surface area contributed by atoms with Crippen LogP contribution in [-0.2, 0) is 0 Å². The molecule has 0 saturated carbocycles. The number of halogens is 1. The quantitative estimate of drug-likeness (QED) is 0.655. The van der Waals surface area contributed by atoms with Crippen molar-refractivity contribution in [2.45, 2.75) is 13.3 Å². The molecule has 0 aliphatic carbocycles. The van der Waals surface area contributed by atoms with E-state index in [0.29, 0.717) is 17.2 Å². The Morgan fingerprint density at radius 3 is 2.96 bits per heavy atom. The Kier molecular flexibility index (Phi) is 5.18. The smallest absolute Gasteiger partial charge is 0.257 e. The van der Waals surface area contributed by atoms with Gasteiger partial charge in [0.25, 0.3) is 5.91 Å². The number of ether oxygens (including phenoxy) is 1. The van der Waals surface area contributed by atoms with Gasteiger partial charge in [-0.15, -0.1) is 0 Å². The van der Waals surface area contributed by atoms with Crippen LogP contribution in [0, 0.1) is 12.8 Å². The lowest BCUT2D eigenvalue weighted by Crippen LogP contribution is -2.30. The Hall–Kier alpha value is -2.66. The lowest BCUT2D eigenvalue weighted by molar-refractivity contribution is 0.0784. The van der Waals surface area contributed by atoms with E-state index < -0.39 is 0 Å². The third-order valence-corrected chi connectivity index (χ3v) is 5.56. The third kappa shape index (κ3) is 3.80. The normalized spacial score (nSPS) is 16.5. The minimum Gasteiger partial charge on any atom is -0.496 e. The van der Waals surface area contributed by atoms with Crippen LogP contribution in [0.3, 0.4) is 0 Å². The number of fused-ring (bicyclic) bond motifs is 1. The fraction of sp³-hybridized carbons (Fsp3) is 0.318. The minimum absolute atomic E-state index is 0.0447. The predicted molar refractivity (Wildman–Crippen MR) is 114 cm³/mol. The van der Waals surface area contributed by atoms with Crippen LogP contribution >= 0.6 is 11.6 Å². The van der Waals surface area contributed by atoms with E-state index in [9.17, 15) is 4.79 Å². The molecule has 2 aromatic carbocycles. The molecule has 4 rings (SSSR count). The standard InChI is InChI=1S/C22H24ClN3O2/c1-14-3-6-20(28-2)18(9-14)22(27)26-8-7-15(13-26)12-24-21-10-16-4-5-17(23)11-19(16)25-21/h3-6,9-11,15,24-25H,7-8,12-13H2,1-2H3/t15-/m0/s1. The number of methoxy groups -OCH3 is 1. The predicted octanol–water partition coefficient (Wildman–Crippen LogP) is 4.71. The number of rotatable bonds is 5. The van der Waals surface area contributed by atoms with Gasteiger partial charge >= 0.3 is 0 Å². The number of anilines is 1. The van der Waals surface area contributed by atoms with Crippen LogP contribution in [0.25, 0.3) is 10.9 Å². The molecular weight excluding hydrogens is 374 g/mol. The molecule has 0 spiro atoms. The van der Waals surface area contributed by atoms with Crippen molar-refractivity contribution in [3.8, 4) is 5.75 Å². The van der Waals surface area contributed by atoms with Crippen molar-refractivity contribution in [3.63, 3.8) is 0 Å². The average molecular weight is 398 g/mol. The zero-order valence-electron chi connectivity index (χ0n) is 16.1. The number of aryl methyl sites for hydroxylation is 1. The van der Waals surface area contributed by atoms with Gasteiger partial charge in [-0.1, -0.05) is 29.3 Å². The number of carbonyl (C=O) groups excluding carboxylic acids is 1. The lowest BCUT2D eigenvalue weighted by atomic mass is 10.1. The van der Waals surface area contributed by atoms with Crippen molar-refractivity contribution >= 4 is 34.2 Å². The molecule has 28 heavy (non-hydrogen) atoms. The zero-order valence-corrected chi connectivity index (χ0v) is 16.8. The molecule has 0 radical (unpaired) electrons. The SMILES string of the molecule is COc1ccc(C)cc1C(=O)N1CC[C@@H](CNc2cc3ccc(Cl)cc3[nH]2)C1. The van der Waals surface area contributed by atoms with E-state index in [1.165, 1.54) is 0 Å². The fourth-order valence-corrected chi connectivity index (χ4v) is 3.96. The topological polar surface area (TPSA) is 57.4 Å². The molecule has 1 aliphatic rings. The van der Waals surface area contributed by atoms with E-state index >= 15 is 0 Å². The van der Waals surface area contributed by atoms with Crippen molar-refractivity contribution in [1.82, 2.24) is 9.88 Å². The number of benzene rings is 2. The van der Waals surface area contributed by atoms with Gasteiger partial charge in [0.15, 0.2) is 0 Å². The van der Waals surface area contributed by atoms with Gasteiger partial charge in [0, 0.05) is 35.6 Å². The summed E-state index contributed by atoms with van der Waals surface area (Å²) in [6.07, 6.45) is 0.985. The highest BCUT2D eigenvalue weighted by Gasteiger charge is 2.28. The van der Waals surface area contributed by atoms with Gasteiger partial charge in [0.2, 0.25) is 0 Å². The Bertz CT molecular complexity index is 1010. The Balaban J connectivity index is 1.38. The summed E-state index contributed by atoms with van der Waals surface area (Å²) in [5.41, 5.74) is 2.72. The number of nitrogens with zero attached hydrogens (tertiary/aromatic N) is 1. The summed E-state index contributed by atoms with van der Waals surface area (Å²) < 4.78 is 5.38. The first-order valence-corrected chi connectivity index (χ1v) is 9.87. The van der Waals surface area contributed by atoms with E-state index in [0.717, 1.165) is 53.4 Å². The molecule has 0 bridgehead atoms. The second-order valence-electron chi connectivity index (χ2n) is 7.41. The number of aromatic amines is 1. The minimum atomic E-state index is 0.0447. The first-order chi connectivity index (χ1) is 13.5. The molecule has 1 atom stereocenters. The zero-order chi connectivity index (χ0) is 19.7. The second-order valence-corrected chi connectivity index (χ2v) is 7.84. The molecule has 1 fully saturated rings. The summed E-state index contributed by atoms with van der Waals surface area (Å²) in [5, 5.41) is 5.31. The van der Waals surface area contributed by atoms with Crippen LogP contribution in [0.4, 0.5) is 5.82 Å². The van der Waals surface area contributed by atoms with E-state index in [-0.39, 0.29) is 5.91 Å². The third-order valence-electron chi connectivity index (χ3n) is 5.32. The van der Waals surface area contributed by atoms with Crippen LogP contribution < -0.4 is 10.1 Å². The van der Waals surface area contributed by atoms with Gasteiger partial charge in [0.1, 0.15) is 11.6 Å². The molecule has 1 amide bonds. The molecule has 5 nitrogen and oxygen atoms in total. The van der Waals surface area contributed by atoms with E-state index in [4.69, 9.17) is 16.3 Å². The number of aromatic nitrogens is 1. The number of amides is 1. The monoisotopic (exact) mass is 397 g/mol. The van der Waals surface area contributed by atoms with Gasteiger partial charge < -0.3 is 19.9 Å². The Morgan fingerprint density at radius 1 is 1.29 bits per heavy atom. The van der Waals surface area contributed by atoms with Crippen molar-refractivity contribution in [2.75, 3.05) is 32.1 Å². The van der Waals surface area contributed by atoms with Crippen molar-refractivity contribution in [2.24, 2.45) is 5.92 Å². The molecule has 1 aliphatic heterocycles. The average Bonchev–Trinajstić information content (AvgIpc) is 3.32. The maximum absolute atomic E-state index is 13.0. The molecular formula is C22H24ClN3O2. The maximum atomic E-state index is 13.0. The first kappa shape index (κ1) is 18.7. The van der Waals surface area contributed by atoms with Crippen LogP contribution in [-0.4, -0.2) is 42.5 Å². The summed E-state index contributed by atoms with van der Waals surface area (Å²) in [4.78, 5) is 18.2. The first-order valence-electron chi connectivity index (χ1n) is 9.49. The summed E-state index contributed by atoms with van der Waals surface area (Å²) in [7, 11) is 1.60. The number of hydrogen-bond acceptors (Lipinski definition) is 3. The van der Waals surface area contributed by atoms with Crippen LogP contribution in [0.2, 0.25) is 5.02 Å². The second kappa shape index (κ2) is 7.76. The highest BCUT2D eigenvalue weighted by atomic mass is 35.5. The molecule has 2 N–H and O–H groups in total. The lowest BCUT2D eigenvalue weighted by Gasteiger charge is -2.19. The molecule has 146 valence electrons. The van der Waals surface area contributed by atoms with Crippen molar-refractivity contribution in [1.29, 1.82) is 0 Å². The van der Waals surface area contributed by atoms with Gasteiger partial charge in [-0.25, -0.2) is 0 Å². The van der Waals surface area contributed by atoms with Gasteiger partial charge in [-0.05, 0) is 49.6 Å². The van der Waals surface area contributed by atoms with Gasteiger partial charge in [0.05, 0.1) is 12.7 Å². The van der Waals surface area contributed by atoms with E-state index in [1.54, 1.807) is 7.11 Å². The molecule has 1 aromatic heterocycles. The largest absolute Gasteiger partial charge is 0.496 e. The Morgan fingerprint density at radius 2 is 2.14 bits per heavy atom. The highest BCUT2D eigenvalue weighted by molar-refractivity contribution is 6.31. The summed E-state index contributed by atoms with van der Waals surface area (Å²) in [6.45, 7) is 4.31. The van der Waals surface area contributed by atoms with E-state index in [1.807, 2.05) is 48.2 Å². The summed E-state index contributed by atoms with van der Waals surface area (Å²) in [5.74, 6) is 2.06. The number of H-pyrrole nitrogens is 1. The fourth-order valence-electron chi connectivity index (χ4n) is 3.79. The molecule has 2 heterocycles. The molecule has 1 saturated heterocycles. The molecule has 0 unspecified atom stereocenters. The van der Waals surface area contributed by atoms with E-state index in [2.05, 4.69) is 16.4 Å². The van der Waals surface area contributed by atoms with Gasteiger partial charge in [-0.2, -0.15) is 0 Å².